The predicted octanol–water partition coefficient (Wildman–Crippen LogP) is 3.56. The van der Waals surface area contributed by atoms with E-state index in [1.807, 2.05) is 19.2 Å². The van der Waals surface area contributed by atoms with Gasteiger partial charge in [0.05, 0.1) is 5.69 Å². The molecule has 0 spiro atoms. The second-order valence-electron chi connectivity index (χ2n) is 4.13. The minimum Gasteiger partial charge on any atom is -0.323 e. The van der Waals surface area contributed by atoms with Crippen molar-refractivity contribution in [3.8, 4) is 0 Å². The van der Waals surface area contributed by atoms with Gasteiger partial charge in [-0.1, -0.05) is 29.5 Å². The van der Waals surface area contributed by atoms with Crippen LogP contribution in [-0.4, -0.2) is 4.98 Å². The van der Waals surface area contributed by atoms with Crippen LogP contribution < -0.4 is 5.73 Å². The number of nitrogens with two attached hydrogens (primary N) is 1. The minimum atomic E-state index is -0.00646. The van der Waals surface area contributed by atoms with Gasteiger partial charge in [0.1, 0.15) is 0 Å². The molecule has 1 heterocycles. The summed E-state index contributed by atoms with van der Waals surface area (Å²) >= 11 is 1.72. The molecule has 2 N–H and O–H groups in total. The third kappa shape index (κ3) is 3.32. The molecule has 0 amide bonds. The number of pyridine rings is 1. The number of hydrogen-bond donors (Lipinski definition) is 1. The van der Waals surface area contributed by atoms with Crippen LogP contribution in [0.1, 0.15) is 24.2 Å². The van der Waals surface area contributed by atoms with Crippen LogP contribution >= 0.6 is 11.8 Å². The van der Waals surface area contributed by atoms with Crippen LogP contribution in [0, 0.1) is 6.92 Å². The summed E-state index contributed by atoms with van der Waals surface area (Å²) in [5, 5.41) is 0. The maximum Gasteiger partial charge on any atom is 0.0569 e. The zero-order chi connectivity index (χ0) is 12.3. The van der Waals surface area contributed by atoms with Crippen molar-refractivity contribution in [2.45, 2.75) is 29.7 Å². The zero-order valence-electron chi connectivity index (χ0n) is 10.1. The molecule has 3 heteroatoms. The fraction of sp³-hybridized carbons (Fsp3) is 0.214. The van der Waals surface area contributed by atoms with E-state index in [4.69, 9.17) is 5.73 Å². The summed E-state index contributed by atoms with van der Waals surface area (Å²) < 4.78 is 0. The summed E-state index contributed by atoms with van der Waals surface area (Å²) in [5.74, 6) is 0. The predicted molar refractivity (Wildman–Crippen MR) is 72.1 cm³/mol. The smallest absolute Gasteiger partial charge is 0.0569 e. The van der Waals surface area contributed by atoms with Crippen LogP contribution in [0.25, 0.3) is 0 Å². The fourth-order valence-corrected chi connectivity index (χ4v) is 2.44. The van der Waals surface area contributed by atoms with Gasteiger partial charge in [-0.2, -0.15) is 0 Å². The maximum absolute atomic E-state index is 5.77. The average Bonchev–Trinajstić information content (AvgIpc) is 2.29. The van der Waals surface area contributed by atoms with E-state index in [1.54, 1.807) is 11.8 Å². The highest BCUT2D eigenvalue weighted by Crippen LogP contribution is 2.27. The van der Waals surface area contributed by atoms with Crippen molar-refractivity contribution in [2.24, 2.45) is 5.73 Å². The van der Waals surface area contributed by atoms with E-state index >= 15 is 0 Å². The molecule has 17 heavy (non-hydrogen) atoms. The van der Waals surface area contributed by atoms with Crippen LogP contribution in [0.5, 0.6) is 0 Å². The number of hydrogen-bond acceptors (Lipinski definition) is 3. The molecular formula is C14H16N2S. The Morgan fingerprint density at radius 2 is 2.00 bits per heavy atom. The van der Waals surface area contributed by atoms with Crippen molar-refractivity contribution in [3.05, 3.63) is 53.9 Å². The molecule has 0 aliphatic heterocycles. The van der Waals surface area contributed by atoms with Gasteiger partial charge in [0.15, 0.2) is 0 Å². The average molecular weight is 244 g/mol. The zero-order valence-corrected chi connectivity index (χ0v) is 10.9. The van der Waals surface area contributed by atoms with Crippen molar-refractivity contribution in [1.29, 1.82) is 0 Å². The molecule has 0 bridgehead atoms. The molecular weight excluding hydrogens is 228 g/mol. The first-order valence-electron chi connectivity index (χ1n) is 5.61. The SMILES string of the molecule is Cc1cccc(Sc2ccc([C@H](C)N)nc2)c1. The molecule has 2 aromatic rings. The molecule has 1 aromatic heterocycles. The molecule has 0 aliphatic rings. The van der Waals surface area contributed by atoms with E-state index in [0.29, 0.717) is 0 Å². The Kier molecular flexibility index (Phi) is 3.82. The van der Waals surface area contributed by atoms with E-state index in [9.17, 15) is 0 Å². The number of aryl methyl sites for hydroxylation is 1. The molecule has 0 radical (unpaired) electrons. The lowest BCUT2D eigenvalue weighted by Gasteiger charge is -2.06. The van der Waals surface area contributed by atoms with E-state index in [0.717, 1.165) is 10.6 Å². The third-order valence-corrected chi connectivity index (χ3v) is 3.42. The second-order valence-corrected chi connectivity index (χ2v) is 5.27. The van der Waals surface area contributed by atoms with Crippen LogP contribution in [0.15, 0.2) is 52.4 Å². The lowest BCUT2D eigenvalue weighted by Crippen LogP contribution is -2.06. The lowest BCUT2D eigenvalue weighted by atomic mass is 10.2. The molecule has 0 saturated carbocycles. The summed E-state index contributed by atoms with van der Waals surface area (Å²) in [6, 6.07) is 12.5. The van der Waals surface area contributed by atoms with Crippen molar-refractivity contribution in [2.75, 3.05) is 0 Å². The molecule has 0 aliphatic carbocycles. The van der Waals surface area contributed by atoms with Gasteiger partial charge in [0, 0.05) is 22.0 Å². The number of benzene rings is 1. The number of nitrogens with zero attached hydrogens (tertiary/aromatic N) is 1. The fourth-order valence-electron chi connectivity index (χ4n) is 1.54. The number of rotatable bonds is 3. The highest BCUT2D eigenvalue weighted by atomic mass is 32.2. The van der Waals surface area contributed by atoms with Gasteiger partial charge in [-0.3, -0.25) is 4.98 Å². The van der Waals surface area contributed by atoms with Crippen LogP contribution in [0.2, 0.25) is 0 Å². The Labute approximate surface area is 106 Å². The molecule has 2 rings (SSSR count). The topological polar surface area (TPSA) is 38.9 Å². The third-order valence-electron chi connectivity index (χ3n) is 2.45. The highest BCUT2D eigenvalue weighted by molar-refractivity contribution is 7.99. The highest BCUT2D eigenvalue weighted by Gasteiger charge is 2.02. The summed E-state index contributed by atoms with van der Waals surface area (Å²) in [6.07, 6.45) is 1.88. The van der Waals surface area contributed by atoms with Gasteiger partial charge in [-0.15, -0.1) is 0 Å². The van der Waals surface area contributed by atoms with Crippen LogP contribution in [0.4, 0.5) is 0 Å². The van der Waals surface area contributed by atoms with Gasteiger partial charge in [-0.25, -0.2) is 0 Å². The quantitative estimate of drug-likeness (QED) is 0.897. The van der Waals surface area contributed by atoms with Crippen molar-refractivity contribution in [1.82, 2.24) is 4.98 Å². The van der Waals surface area contributed by atoms with Crippen molar-refractivity contribution >= 4 is 11.8 Å². The lowest BCUT2D eigenvalue weighted by molar-refractivity contribution is 0.777. The Balaban J connectivity index is 2.14. The first kappa shape index (κ1) is 12.1. The maximum atomic E-state index is 5.77. The molecule has 0 saturated heterocycles. The van der Waals surface area contributed by atoms with Gasteiger partial charge in [0.2, 0.25) is 0 Å². The Hall–Kier alpha value is -1.32. The first-order valence-corrected chi connectivity index (χ1v) is 6.43. The summed E-state index contributed by atoms with van der Waals surface area (Å²) in [4.78, 5) is 6.73. The molecule has 0 unspecified atom stereocenters. The van der Waals surface area contributed by atoms with Gasteiger partial charge in [0.25, 0.3) is 0 Å². The Bertz CT molecular complexity index is 492. The molecule has 88 valence electrons. The van der Waals surface area contributed by atoms with Crippen LogP contribution in [0.3, 0.4) is 0 Å². The van der Waals surface area contributed by atoms with Gasteiger partial charge >= 0.3 is 0 Å². The number of aromatic nitrogens is 1. The molecule has 1 atom stereocenters. The van der Waals surface area contributed by atoms with E-state index in [2.05, 4.69) is 42.2 Å². The van der Waals surface area contributed by atoms with Crippen molar-refractivity contribution in [3.63, 3.8) is 0 Å². The van der Waals surface area contributed by atoms with Gasteiger partial charge in [-0.05, 0) is 38.1 Å². The minimum absolute atomic E-state index is 0.00646. The largest absolute Gasteiger partial charge is 0.323 e. The first-order chi connectivity index (χ1) is 8.15. The normalized spacial score (nSPS) is 12.4. The molecule has 0 fully saturated rings. The summed E-state index contributed by atoms with van der Waals surface area (Å²) in [6.45, 7) is 4.04. The molecule has 2 nitrogen and oxygen atoms in total. The van der Waals surface area contributed by atoms with Gasteiger partial charge < -0.3 is 5.73 Å². The van der Waals surface area contributed by atoms with E-state index in [-0.39, 0.29) is 6.04 Å². The second kappa shape index (κ2) is 5.34. The van der Waals surface area contributed by atoms with E-state index < -0.39 is 0 Å². The van der Waals surface area contributed by atoms with Crippen LogP contribution in [-0.2, 0) is 0 Å². The monoisotopic (exact) mass is 244 g/mol. The van der Waals surface area contributed by atoms with E-state index in [1.165, 1.54) is 10.5 Å². The standard InChI is InChI=1S/C14H16N2S/c1-10-4-3-5-12(8-10)17-13-6-7-14(11(2)15)16-9-13/h3-9,11H,15H2,1-2H3/t11-/m0/s1. The Morgan fingerprint density at radius 3 is 2.59 bits per heavy atom. The summed E-state index contributed by atoms with van der Waals surface area (Å²) in [7, 11) is 0. The van der Waals surface area contributed by atoms with Crippen molar-refractivity contribution < 1.29 is 0 Å². The molecule has 1 aromatic carbocycles. The Morgan fingerprint density at radius 1 is 1.18 bits per heavy atom. The summed E-state index contributed by atoms with van der Waals surface area (Å²) in [5.41, 5.74) is 7.97.